The SMILES string of the molecule is CCCCCCCCCCCCC/C=C/[C@@H](O)C(N)CO[C@@H]1O[C@H](CO)C(OC2(C)O[C@H](CO)[C@H](O)[C@@H](O)C2O)[C@H](O)C1O. The maximum Gasteiger partial charge on any atom is 0.195 e. The lowest BCUT2D eigenvalue weighted by molar-refractivity contribution is -0.398. The van der Waals surface area contributed by atoms with Crippen LogP contribution in [0.4, 0.5) is 0 Å². The largest absolute Gasteiger partial charge is 0.394 e. The van der Waals surface area contributed by atoms with Gasteiger partial charge in [-0.25, -0.2) is 0 Å². The number of rotatable bonds is 21. The third kappa shape index (κ3) is 11.8. The molecule has 0 aromatic carbocycles. The molecule has 5 unspecified atom stereocenters. The zero-order valence-corrected chi connectivity index (χ0v) is 26.4. The normalized spacial score (nSPS) is 36.1. The van der Waals surface area contributed by atoms with Crippen LogP contribution in [0.1, 0.15) is 90.9 Å². The fraction of sp³-hybridized carbons (Fsp3) is 0.935. The zero-order chi connectivity index (χ0) is 32.7. The van der Waals surface area contributed by atoms with E-state index in [0.29, 0.717) is 0 Å². The van der Waals surface area contributed by atoms with Gasteiger partial charge in [0.2, 0.25) is 0 Å². The van der Waals surface area contributed by atoms with E-state index in [0.717, 1.165) is 19.3 Å². The molecule has 0 saturated carbocycles. The van der Waals surface area contributed by atoms with Gasteiger partial charge in [-0.3, -0.25) is 0 Å². The minimum Gasteiger partial charge on any atom is -0.394 e. The zero-order valence-electron chi connectivity index (χ0n) is 26.4. The van der Waals surface area contributed by atoms with Crippen molar-refractivity contribution in [3.05, 3.63) is 12.2 Å². The molecule has 0 bridgehead atoms. The molecule has 2 fully saturated rings. The van der Waals surface area contributed by atoms with Crippen LogP contribution < -0.4 is 5.73 Å². The predicted octanol–water partition coefficient (Wildman–Crippen LogP) is -0.0373. The molecule has 13 heteroatoms. The first-order valence-corrected chi connectivity index (χ1v) is 16.4. The van der Waals surface area contributed by atoms with Crippen molar-refractivity contribution in [2.75, 3.05) is 19.8 Å². The monoisotopic (exact) mass is 637 g/mol. The van der Waals surface area contributed by atoms with E-state index in [2.05, 4.69) is 6.92 Å². The number of aliphatic hydroxyl groups is 8. The van der Waals surface area contributed by atoms with Crippen LogP contribution in [-0.4, -0.2) is 134 Å². The Morgan fingerprint density at radius 2 is 1.36 bits per heavy atom. The summed E-state index contributed by atoms with van der Waals surface area (Å²) < 4.78 is 22.3. The molecule has 2 saturated heterocycles. The highest BCUT2D eigenvalue weighted by Crippen LogP contribution is 2.35. The maximum atomic E-state index is 10.8. The van der Waals surface area contributed by atoms with Crippen LogP contribution in [0.2, 0.25) is 0 Å². The van der Waals surface area contributed by atoms with Crippen LogP contribution in [0.15, 0.2) is 12.2 Å². The van der Waals surface area contributed by atoms with Crippen LogP contribution in [0, 0.1) is 0 Å². The van der Waals surface area contributed by atoms with E-state index in [4.69, 9.17) is 24.7 Å². The van der Waals surface area contributed by atoms with Crippen LogP contribution >= 0.6 is 0 Å². The Balaban J connectivity index is 1.74. The molecule has 10 N–H and O–H groups in total. The van der Waals surface area contributed by atoms with Crippen LogP contribution in [-0.2, 0) is 18.9 Å². The lowest BCUT2D eigenvalue weighted by Crippen LogP contribution is -2.69. The summed E-state index contributed by atoms with van der Waals surface area (Å²) in [5.41, 5.74) is 6.05. The van der Waals surface area contributed by atoms with Gasteiger partial charge < -0.3 is 65.5 Å². The highest BCUT2D eigenvalue weighted by Gasteiger charge is 2.56. The standard InChI is InChI=1S/C31H59NO12/c1-3-4-5-6-7-8-9-10-11-12-13-14-15-16-21(35)20(32)19-41-30-27(39)25(37)28(23(18-34)42-30)44-31(2)29(40)26(38)24(36)22(17-33)43-31/h15-16,20-30,33-40H,3-14,17-19,32H2,1-2H3/b16-15+/t20?,21-,22-,23-,24+,25-,26-,27?,28?,29?,30-,31?/m1/s1. The lowest BCUT2D eigenvalue weighted by atomic mass is 9.92. The summed E-state index contributed by atoms with van der Waals surface area (Å²) in [4.78, 5) is 0. The number of unbranched alkanes of at least 4 members (excludes halogenated alkanes) is 11. The van der Waals surface area contributed by atoms with Gasteiger partial charge in [-0.1, -0.05) is 83.3 Å². The lowest BCUT2D eigenvalue weighted by Gasteiger charge is -2.50. The molecule has 0 spiro atoms. The fourth-order valence-electron chi connectivity index (χ4n) is 5.62. The van der Waals surface area contributed by atoms with Crippen LogP contribution in [0.5, 0.6) is 0 Å². The van der Waals surface area contributed by atoms with E-state index < -0.39 is 86.3 Å². The van der Waals surface area contributed by atoms with E-state index >= 15 is 0 Å². The summed E-state index contributed by atoms with van der Waals surface area (Å²) in [5.74, 6) is -2.05. The Morgan fingerprint density at radius 1 is 0.795 bits per heavy atom. The van der Waals surface area contributed by atoms with E-state index in [-0.39, 0.29) is 6.61 Å². The highest BCUT2D eigenvalue weighted by atomic mass is 16.8. The Kier molecular flexibility index (Phi) is 18.3. The van der Waals surface area contributed by atoms with Crippen molar-refractivity contribution in [3.63, 3.8) is 0 Å². The molecule has 0 aromatic rings. The van der Waals surface area contributed by atoms with Gasteiger partial charge in [-0.15, -0.1) is 0 Å². The van der Waals surface area contributed by atoms with Crippen molar-refractivity contribution in [2.24, 2.45) is 5.73 Å². The van der Waals surface area contributed by atoms with Crippen molar-refractivity contribution in [2.45, 2.75) is 164 Å². The molecule has 0 radical (unpaired) electrons. The number of allylic oxidation sites excluding steroid dienone is 1. The summed E-state index contributed by atoms with van der Waals surface area (Å²) in [7, 11) is 0. The number of ether oxygens (including phenoxy) is 4. The van der Waals surface area contributed by atoms with Gasteiger partial charge in [-0.05, 0) is 19.8 Å². The van der Waals surface area contributed by atoms with Crippen molar-refractivity contribution in [1.29, 1.82) is 0 Å². The molecule has 0 aliphatic carbocycles. The number of hydrogen-bond donors (Lipinski definition) is 9. The molecule has 2 rings (SSSR count). The average molecular weight is 638 g/mol. The Labute approximate surface area is 261 Å². The molecule has 2 aliphatic heterocycles. The van der Waals surface area contributed by atoms with E-state index in [1.165, 1.54) is 64.7 Å². The second-order valence-electron chi connectivity index (χ2n) is 12.3. The number of nitrogens with two attached hydrogens (primary N) is 1. The van der Waals surface area contributed by atoms with Crippen molar-refractivity contribution < 1.29 is 59.8 Å². The molecule has 2 heterocycles. The number of aliphatic hydroxyl groups excluding tert-OH is 8. The smallest absolute Gasteiger partial charge is 0.195 e. The van der Waals surface area contributed by atoms with Gasteiger partial charge in [0.1, 0.15) is 48.8 Å². The molecular weight excluding hydrogens is 578 g/mol. The molecule has 44 heavy (non-hydrogen) atoms. The molecule has 2 aliphatic rings. The molecular formula is C31H59NO12. The maximum absolute atomic E-state index is 10.8. The van der Waals surface area contributed by atoms with E-state index in [1.807, 2.05) is 6.08 Å². The minimum absolute atomic E-state index is 0.232. The average Bonchev–Trinajstić information content (AvgIpc) is 3.02. The molecule has 260 valence electrons. The van der Waals surface area contributed by atoms with Gasteiger partial charge in [0.15, 0.2) is 12.1 Å². The van der Waals surface area contributed by atoms with Crippen molar-refractivity contribution >= 4 is 0 Å². The third-order valence-corrected chi connectivity index (χ3v) is 8.55. The second-order valence-corrected chi connectivity index (χ2v) is 12.3. The molecule has 13 nitrogen and oxygen atoms in total. The third-order valence-electron chi connectivity index (χ3n) is 8.55. The molecule has 0 amide bonds. The summed E-state index contributed by atoms with van der Waals surface area (Å²) in [6.07, 6.45) is 3.15. The van der Waals surface area contributed by atoms with E-state index in [9.17, 15) is 40.9 Å². The second kappa shape index (κ2) is 20.5. The summed E-state index contributed by atoms with van der Waals surface area (Å²) in [5, 5.41) is 81.9. The van der Waals surface area contributed by atoms with E-state index in [1.54, 1.807) is 6.08 Å². The Bertz CT molecular complexity index is 789. The Morgan fingerprint density at radius 3 is 1.93 bits per heavy atom. The quantitative estimate of drug-likeness (QED) is 0.0596. The summed E-state index contributed by atoms with van der Waals surface area (Å²) in [6.45, 7) is 1.83. The first kappa shape index (κ1) is 39.4. The Hall–Kier alpha value is -0.780. The van der Waals surface area contributed by atoms with Gasteiger partial charge in [0.25, 0.3) is 0 Å². The number of hydrogen-bond acceptors (Lipinski definition) is 13. The van der Waals surface area contributed by atoms with Gasteiger partial charge in [-0.2, -0.15) is 0 Å². The summed E-state index contributed by atoms with van der Waals surface area (Å²) in [6, 6.07) is -0.855. The molecule has 0 aromatic heterocycles. The highest BCUT2D eigenvalue weighted by molar-refractivity contribution is 4.99. The predicted molar refractivity (Wildman–Crippen MR) is 161 cm³/mol. The first-order chi connectivity index (χ1) is 21.0. The topological polar surface area (TPSA) is 225 Å². The van der Waals surface area contributed by atoms with Crippen LogP contribution in [0.25, 0.3) is 0 Å². The summed E-state index contributed by atoms with van der Waals surface area (Å²) >= 11 is 0. The van der Waals surface area contributed by atoms with Gasteiger partial charge >= 0.3 is 0 Å². The van der Waals surface area contributed by atoms with Gasteiger partial charge in [0, 0.05) is 0 Å². The van der Waals surface area contributed by atoms with Crippen molar-refractivity contribution in [3.8, 4) is 0 Å². The molecule has 12 atom stereocenters. The fourth-order valence-corrected chi connectivity index (χ4v) is 5.62. The van der Waals surface area contributed by atoms with Gasteiger partial charge in [0.05, 0.1) is 32.0 Å². The van der Waals surface area contributed by atoms with Crippen LogP contribution in [0.3, 0.4) is 0 Å². The minimum atomic E-state index is -2.05. The van der Waals surface area contributed by atoms with Crippen molar-refractivity contribution in [1.82, 2.24) is 0 Å². The first-order valence-electron chi connectivity index (χ1n) is 16.4.